The number of hydrogen-bond acceptors (Lipinski definition) is 6. The van der Waals surface area contributed by atoms with Crippen molar-refractivity contribution in [3.8, 4) is 5.75 Å². The van der Waals surface area contributed by atoms with Gasteiger partial charge < -0.3 is 20.9 Å². The lowest BCUT2D eigenvalue weighted by molar-refractivity contribution is 0.00378. The number of alkyl halides is 2. The lowest BCUT2D eigenvalue weighted by Crippen LogP contribution is -2.27. The fraction of sp³-hybridized carbons (Fsp3) is 0.500. The zero-order chi connectivity index (χ0) is 12.1. The number of nitrogen functional groups attached to an aromatic ring is 1. The zero-order valence-corrected chi connectivity index (χ0v) is 8.52. The van der Waals surface area contributed by atoms with Gasteiger partial charge in [-0.05, 0) is 0 Å². The Balaban J connectivity index is 2.70. The number of aromatic nitrogens is 2. The van der Waals surface area contributed by atoms with Gasteiger partial charge in [0.25, 0.3) is 6.43 Å². The third-order valence-corrected chi connectivity index (χ3v) is 1.81. The van der Waals surface area contributed by atoms with Crippen LogP contribution < -0.4 is 15.8 Å². The topological polar surface area (TPSA) is 93.3 Å². The summed E-state index contributed by atoms with van der Waals surface area (Å²) >= 11 is 0. The minimum atomic E-state index is -2.82. The third-order valence-electron chi connectivity index (χ3n) is 1.81. The summed E-state index contributed by atoms with van der Waals surface area (Å²) < 4.78 is 28.9. The quantitative estimate of drug-likeness (QED) is 0.669. The average Bonchev–Trinajstić information content (AvgIpc) is 2.25. The number of halogens is 2. The van der Waals surface area contributed by atoms with Crippen LogP contribution in [0.1, 0.15) is 0 Å². The first-order valence-electron chi connectivity index (χ1n) is 4.40. The van der Waals surface area contributed by atoms with Crippen molar-refractivity contribution in [2.75, 3.05) is 24.7 Å². The summed E-state index contributed by atoms with van der Waals surface area (Å²) in [5.41, 5.74) is 5.47. The summed E-state index contributed by atoms with van der Waals surface area (Å²) in [5, 5.41) is 11.4. The predicted octanol–water partition coefficient (Wildman–Crippen LogP) is 0.105. The van der Waals surface area contributed by atoms with Crippen molar-refractivity contribution >= 4 is 11.6 Å². The van der Waals surface area contributed by atoms with Crippen LogP contribution in [0.25, 0.3) is 0 Å². The molecule has 0 saturated carbocycles. The molecule has 0 aromatic carbocycles. The predicted molar refractivity (Wildman–Crippen MR) is 53.5 cm³/mol. The monoisotopic (exact) mass is 234 g/mol. The van der Waals surface area contributed by atoms with Crippen LogP contribution >= 0.6 is 0 Å². The molecule has 1 heterocycles. The van der Waals surface area contributed by atoms with E-state index in [1.54, 1.807) is 0 Å². The van der Waals surface area contributed by atoms with Gasteiger partial charge in [-0.1, -0.05) is 0 Å². The van der Waals surface area contributed by atoms with Gasteiger partial charge in [0.15, 0.2) is 11.6 Å². The van der Waals surface area contributed by atoms with Gasteiger partial charge in [-0.25, -0.2) is 18.7 Å². The van der Waals surface area contributed by atoms with E-state index < -0.39 is 12.5 Å². The van der Waals surface area contributed by atoms with Gasteiger partial charge >= 0.3 is 0 Å². The highest BCUT2D eigenvalue weighted by molar-refractivity contribution is 5.61. The van der Waals surface area contributed by atoms with E-state index in [4.69, 9.17) is 15.6 Å². The third kappa shape index (κ3) is 2.89. The van der Waals surface area contributed by atoms with Gasteiger partial charge in [0.05, 0.1) is 7.11 Å². The molecule has 6 nitrogen and oxygen atoms in total. The molecule has 0 aliphatic rings. The molecule has 1 aromatic heterocycles. The molecule has 4 N–H and O–H groups in total. The first kappa shape index (κ1) is 12.4. The number of nitrogens with two attached hydrogens (primary N) is 1. The van der Waals surface area contributed by atoms with Crippen LogP contribution in [-0.2, 0) is 0 Å². The van der Waals surface area contributed by atoms with Crippen molar-refractivity contribution in [2.24, 2.45) is 0 Å². The highest BCUT2D eigenvalue weighted by Gasteiger charge is 2.18. The molecule has 1 unspecified atom stereocenters. The summed E-state index contributed by atoms with van der Waals surface area (Å²) in [5.74, 6) is 0.408. The standard InChI is InChI=1S/C8H12F2N4O2/c1-16-5-7(11)13-3-14-8(5)12-2-4(15)6(9)10/h3-4,6,15H,2H2,1H3,(H3,11,12,13,14). The summed E-state index contributed by atoms with van der Waals surface area (Å²) in [6.07, 6.45) is -3.44. The van der Waals surface area contributed by atoms with Crippen LogP contribution in [0.15, 0.2) is 6.33 Å². The number of rotatable bonds is 5. The first-order valence-corrected chi connectivity index (χ1v) is 4.40. The van der Waals surface area contributed by atoms with Gasteiger partial charge in [-0.3, -0.25) is 0 Å². The van der Waals surface area contributed by atoms with E-state index in [0.717, 1.165) is 6.33 Å². The number of anilines is 2. The number of hydrogen-bond donors (Lipinski definition) is 3. The van der Waals surface area contributed by atoms with Crippen molar-refractivity contribution in [3.05, 3.63) is 6.33 Å². The summed E-state index contributed by atoms with van der Waals surface area (Å²) in [7, 11) is 1.35. The zero-order valence-electron chi connectivity index (χ0n) is 8.52. The highest BCUT2D eigenvalue weighted by Crippen LogP contribution is 2.26. The van der Waals surface area contributed by atoms with Crippen molar-refractivity contribution in [3.63, 3.8) is 0 Å². The van der Waals surface area contributed by atoms with E-state index in [9.17, 15) is 8.78 Å². The molecule has 0 saturated heterocycles. The number of ether oxygens (including phenoxy) is 1. The maximum atomic E-state index is 12.0. The second-order valence-electron chi connectivity index (χ2n) is 2.92. The maximum Gasteiger partial charge on any atom is 0.265 e. The number of nitrogens with one attached hydrogen (secondary N) is 1. The molecule has 1 aromatic rings. The largest absolute Gasteiger partial charge is 0.490 e. The molecule has 0 aliphatic heterocycles. The molecular formula is C8H12F2N4O2. The average molecular weight is 234 g/mol. The molecule has 16 heavy (non-hydrogen) atoms. The molecule has 0 amide bonds. The second-order valence-corrected chi connectivity index (χ2v) is 2.92. The Morgan fingerprint density at radius 1 is 1.56 bits per heavy atom. The van der Waals surface area contributed by atoms with Crippen LogP contribution in [0.5, 0.6) is 5.75 Å². The van der Waals surface area contributed by atoms with E-state index in [-0.39, 0.29) is 23.9 Å². The summed E-state index contributed by atoms with van der Waals surface area (Å²) in [4.78, 5) is 7.42. The van der Waals surface area contributed by atoms with Crippen LogP contribution in [0, 0.1) is 0 Å². The second kappa shape index (κ2) is 5.40. The fourth-order valence-corrected chi connectivity index (χ4v) is 1.00. The fourth-order valence-electron chi connectivity index (χ4n) is 1.00. The molecule has 1 rings (SSSR count). The van der Waals surface area contributed by atoms with Crippen LogP contribution in [0.2, 0.25) is 0 Å². The molecule has 0 bridgehead atoms. The molecule has 0 radical (unpaired) electrons. The Hall–Kier alpha value is -1.70. The molecule has 0 spiro atoms. The Morgan fingerprint density at radius 2 is 2.25 bits per heavy atom. The maximum absolute atomic E-state index is 12.0. The van der Waals surface area contributed by atoms with Crippen molar-refractivity contribution in [1.29, 1.82) is 0 Å². The summed E-state index contributed by atoms with van der Waals surface area (Å²) in [6.45, 7) is -0.357. The number of aliphatic hydroxyl groups excluding tert-OH is 1. The van der Waals surface area contributed by atoms with E-state index in [1.807, 2.05) is 0 Å². The van der Waals surface area contributed by atoms with Gasteiger partial charge in [-0.2, -0.15) is 0 Å². The van der Waals surface area contributed by atoms with Crippen LogP contribution in [-0.4, -0.2) is 41.3 Å². The Bertz CT molecular complexity index is 351. The van der Waals surface area contributed by atoms with Crippen molar-refractivity contribution in [1.82, 2.24) is 9.97 Å². The molecule has 1 atom stereocenters. The van der Waals surface area contributed by atoms with Gasteiger partial charge in [0.2, 0.25) is 5.75 Å². The minimum absolute atomic E-state index is 0.0894. The molecule has 90 valence electrons. The first-order chi connectivity index (χ1) is 7.56. The van der Waals surface area contributed by atoms with Crippen LogP contribution in [0.4, 0.5) is 20.4 Å². The SMILES string of the molecule is COc1c(N)ncnc1NCC(O)C(F)F. The lowest BCUT2D eigenvalue weighted by Gasteiger charge is -2.13. The van der Waals surface area contributed by atoms with Crippen molar-refractivity contribution in [2.45, 2.75) is 12.5 Å². The van der Waals surface area contributed by atoms with E-state index in [1.165, 1.54) is 7.11 Å². The smallest absolute Gasteiger partial charge is 0.265 e. The number of methoxy groups -OCH3 is 1. The molecule has 8 heteroatoms. The van der Waals surface area contributed by atoms with E-state index in [2.05, 4.69) is 15.3 Å². The molecule has 0 fully saturated rings. The molecule has 0 aliphatic carbocycles. The Morgan fingerprint density at radius 3 is 2.81 bits per heavy atom. The number of nitrogens with zero attached hydrogens (tertiary/aromatic N) is 2. The highest BCUT2D eigenvalue weighted by atomic mass is 19.3. The van der Waals surface area contributed by atoms with Crippen molar-refractivity contribution < 1.29 is 18.6 Å². The Labute approximate surface area is 90.5 Å². The van der Waals surface area contributed by atoms with Gasteiger partial charge in [-0.15, -0.1) is 0 Å². The number of aliphatic hydroxyl groups is 1. The van der Waals surface area contributed by atoms with Gasteiger partial charge in [0.1, 0.15) is 12.4 Å². The van der Waals surface area contributed by atoms with E-state index in [0.29, 0.717) is 0 Å². The van der Waals surface area contributed by atoms with Gasteiger partial charge in [0, 0.05) is 6.54 Å². The van der Waals surface area contributed by atoms with E-state index >= 15 is 0 Å². The summed E-state index contributed by atoms with van der Waals surface area (Å²) in [6, 6.07) is 0. The normalized spacial score (nSPS) is 12.6. The van der Waals surface area contributed by atoms with Crippen LogP contribution in [0.3, 0.4) is 0 Å². The minimum Gasteiger partial charge on any atom is -0.490 e. The molecular weight excluding hydrogens is 222 g/mol. The lowest BCUT2D eigenvalue weighted by atomic mass is 10.3. The Kier molecular flexibility index (Phi) is 4.18.